The van der Waals surface area contributed by atoms with Gasteiger partial charge in [0, 0.05) is 16.4 Å². The Morgan fingerprint density at radius 1 is 1.13 bits per heavy atom. The molecule has 0 aliphatic rings. The molecule has 0 aliphatic carbocycles. The van der Waals surface area contributed by atoms with Crippen molar-refractivity contribution in [2.45, 2.75) is 6.92 Å². The summed E-state index contributed by atoms with van der Waals surface area (Å²) in [5, 5.41) is 6.31. The number of benzene rings is 2. The molecule has 0 saturated heterocycles. The van der Waals surface area contributed by atoms with E-state index in [1.165, 1.54) is 7.11 Å². The third kappa shape index (κ3) is 4.72. The number of rotatable bonds is 5. The highest BCUT2D eigenvalue weighted by molar-refractivity contribution is 6.31. The summed E-state index contributed by atoms with van der Waals surface area (Å²) < 4.78 is 4.66. The number of halogens is 1. The van der Waals surface area contributed by atoms with Crippen LogP contribution in [0.5, 0.6) is 0 Å². The van der Waals surface area contributed by atoms with Crippen LogP contribution in [-0.4, -0.2) is 25.5 Å². The van der Waals surface area contributed by atoms with E-state index < -0.39 is 5.97 Å². The van der Waals surface area contributed by atoms with E-state index in [0.717, 1.165) is 5.56 Å². The molecular weight excluding hydrogens is 316 g/mol. The molecule has 120 valence electrons. The summed E-state index contributed by atoms with van der Waals surface area (Å²) in [6, 6.07) is 12.1. The first kappa shape index (κ1) is 16.8. The second kappa shape index (κ2) is 7.65. The number of amides is 1. The van der Waals surface area contributed by atoms with Gasteiger partial charge < -0.3 is 15.4 Å². The van der Waals surface area contributed by atoms with Crippen LogP contribution in [0.25, 0.3) is 0 Å². The Morgan fingerprint density at radius 2 is 1.91 bits per heavy atom. The molecule has 0 unspecified atom stereocenters. The number of carbonyl (C=O) groups excluding carboxylic acids is 2. The fraction of sp³-hybridized carbons (Fsp3) is 0.176. The molecule has 2 N–H and O–H groups in total. The molecule has 23 heavy (non-hydrogen) atoms. The molecule has 0 aliphatic heterocycles. The van der Waals surface area contributed by atoms with Crippen molar-refractivity contribution in [3.05, 3.63) is 58.6 Å². The topological polar surface area (TPSA) is 67.4 Å². The number of carbonyl (C=O) groups is 2. The molecular formula is C17H17ClN2O3. The molecule has 2 aromatic carbocycles. The van der Waals surface area contributed by atoms with E-state index >= 15 is 0 Å². The average Bonchev–Trinajstić information content (AvgIpc) is 2.56. The zero-order chi connectivity index (χ0) is 16.8. The first-order chi connectivity index (χ1) is 11.0. The zero-order valence-corrected chi connectivity index (χ0v) is 13.6. The lowest BCUT2D eigenvalue weighted by Gasteiger charge is -2.09. The standard InChI is InChI=1S/C17H17ClN2O3/c1-11-6-7-14(9-15(11)18)20-16(21)10-19-13-5-3-4-12(8-13)17(22)23-2/h3-9,19H,10H2,1-2H3,(H,20,21). The van der Waals surface area contributed by atoms with E-state index in [-0.39, 0.29) is 12.5 Å². The number of ether oxygens (including phenoxy) is 1. The van der Waals surface area contributed by atoms with Crippen molar-refractivity contribution in [2.24, 2.45) is 0 Å². The molecule has 0 bridgehead atoms. The third-order valence-electron chi connectivity index (χ3n) is 3.19. The Morgan fingerprint density at radius 3 is 2.61 bits per heavy atom. The van der Waals surface area contributed by atoms with Gasteiger partial charge in [-0.3, -0.25) is 4.79 Å². The van der Waals surface area contributed by atoms with Gasteiger partial charge in [-0.05, 0) is 42.8 Å². The maximum absolute atomic E-state index is 11.9. The van der Waals surface area contributed by atoms with Gasteiger partial charge in [-0.15, -0.1) is 0 Å². The van der Waals surface area contributed by atoms with Crippen LogP contribution < -0.4 is 10.6 Å². The normalized spacial score (nSPS) is 10.0. The minimum atomic E-state index is -0.424. The third-order valence-corrected chi connectivity index (χ3v) is 3.60. The van der Waals surface area contributed by atoms with Gasteiger partial charge in [-0.1, -0.05) is 23.7 Å². The van der Waals surface area contributed by atoms with Crippen LogP contribution >= 0.6 is 11.6 Å². The molecule has 2 aromatic rings. The van der Waals surface area contributed by atoms with Gasteiger partial charge in [0.2, 0.25) is 5.91 Å². The van der Waals surface area contributed by atoms with Crippen LogP contribution in [0.3, 0.4) is 0 Å². The number of esters is 1. The highest BCUT2D eigenvalue weighted by Gasteiger charge is 2.07. The number of methoxy groups -OCH3 is 1. The summed E-state index contributed by atoms with van der Waals surface area (Å²) in [7, 11) is 1.32. The minimum absolute atomic E-state index is 0.0656. The minimum Gasteiger partial charge on any atom is -0.465 e. The SMILES string of the molecule is COC(=O)c1cccc(NCC(=O)Nc2ccc(C)c(Cl)c2)c1. The van der Waals surface area contributed by atoms with Crippen molar-refractivity contribution in [2.75, 3.05) is 24.3 Å². The lowest BCUT2D eigenvalue weighted by molar-refractivity contribution is -0.114. The van der Waals surface area contributed by atoms with E-state index in [0.29, 0.717) is 22.0 Å². The predicted octanol–water partition coefficient (Wildman–Crippen LogP) is 3.49. The summed E-state index contributed by atoms with van der Waals surface area (Å²) in [5.41, 5.74) is 2.66. The molecule has 0 saturated carbocycles. The molecule has 0 fully saturated rings. The van der Waals surface area contributed by atoms with Crippen molar-refractivity contribution in [1.82, 2.24) is 0 Å². The lowest BCUT2D eigenvalue weighted by atomic mass is 10.2. The summed E-state index contributed by atoms with van der Waals surface area (Å²) in [6.45, 7) is 1.96. The number of hydrogen-bond acceptors (Lipinski definition) is 4. The number of aryl methyl sites for hydroxylation is 1. The lowest BCUT2D eigenvalue weighted by Crippen LogP contribution is -2.21. The molecule has 1 amide bonds. The van der Waals surface area contributed by atoms with E-state index in [4.69, 9.17) is 11.6 Å². The molecule has 6 heteroatoms. The molecule has 0 spiro atoms. The van der Waals surface area contributed by atoms with E-state index in [2.05, 4.69) is 15.4 Å². The van der Waals surface area contributed by atoms with Gasteiger partial charge in [0.05, 0.1) is 19.2 Å². The van der Waals surface area contributed by atoms with Crippen molar-refractivity contribution in [3.63, 3.8) is 0 Å². The van der Waals surface area contributed by atoms with Gasteiger partial charge in [0.15, 0.2) is 0 Å². The van der Waals surface area contributed by atoms with Gasteiger partial charge >= 0.3 is 5.97 Å². The van der Waals surface area contributed by atoms with Crippen LogP contribution in [0.2, 0.25) is 5.02 Å². The van der Waals surface area contributed by atoms with Crippen LogP contribution in [0, 0.1) is 6.92 Å². The first-order valence-corrected chi connectivity index (χ1v) is 7.35. The van der Waals surface area contributed by atoms with Gasteiger partial charge in [0.1, 0.15) is 0 Å². The monoisotopic (exact) mass is 332 g/mol. The summed E-state index contributed by atoms with van der Waals surface area (Å²) in [4.78, 5) is 23.4. The highest BCUT2D eigenvalue weighted by Crippen LogP contribution is 2.20. The quantitative estimate of drug-likeness (QED) is 0.822. The Hall–Kier alpha value is -2.53. The van der Waals surface area contributed by atoms with Crippen LogP contribution in [-0.2, 0) is 9.53 Å². The fourth-order valence-corrected chi connectivity index (χ4v) is 2.11. The molecule has 0 aromatic heterocycles. The smallest absolute Gasteiger partial charge is 0.337 e. The van der Waals surface area contributed by atoms with Crippen molar-refractivity contribution in [1.29, 1.82) is 0 Å². The number of anilines is 2. The zero-order valence-electron chi connectivity index (χ0n) is 12.9. The number of nitrogens with one attached hydrogen (secondary N) is 2. The molecule has 0 atom stereocenters. The fourth-order valence-electron chi connectivity index (χ4n) is 1.93. The number of hydrogen-bond donors (Lipinski definition) is 2. The van der Waals surface area contributed by atoms with Gasteiger partial charge in [0.25, 0.3) is 0 Å². The second-order valence-corrected chi connectivity index (χ2v) is 5.35. The van der Waals surface area contributed by atoms with Crippen LogP contribution in [0.1, 0.15) is 15.9 Å². The maximum Gasteiger partial charge on any atom is 0.337 e. The molecule has 0 radical (unpaired) electrons. The van der Waals surface area contributed by atoms with Crippen molar-refractivity contribution < 1.29 is 14.3 Å². The molecule has 2 rings (SSSR count). The predicted molar refractivity (Wildman–Crippen MR) is 91.1 cm³/mol. The van der Waals surface area contributed by atoms with Gasteiger partial charge in [-0.25, -0.2) is 4.79 Å². The van der Waals surface area contributed by atoms with Gasteiger partial charge in [-0.2, -0.15) is 0 Å². The Balaban J connectivity index is 1.94. The molecule has 5 nitrogen and oxygen atoms in total. The Kier molecular flexibility index (Phi) is 5.60. The first-order valence-electron chi connectivity index (χ1n) is 6.98. The van der Waals surface area contributed by atoms with Crippen molar-refractivity contribution >= 4 is 34.9 Å². The Bertz CT molecular complexity index is 732. The highest BCUT2D eigenvalue weighted by atomic mass is 35.5. The van der Waals surface area contributed by atoms with E-state index in [1.54, 1.807) is 36.4 Å². The van der Waals surface area contributed by atoms with E-state index in [9.17, 15) is 9.59 Å². The average molecular weight is 333 g/mol. The van der Waals surface area contributed by atoms with Crippen LogP contribution in [0.4, 0.5) is 11.4 Å². The summed E-state index contributed by atoms with van der Waals surface area (Å²) in [6.07, 6.45) is 0. The molecule has 0 heterocycles. The summed E-state index contributed by atoms with van der Waals surface area (Å²) in [5.74, 6) is -0.638. The van der Waals surface area contributed by atoms with Crippen LogP contribution in [0.15, 0.2) is 42.5 Å². The Labute approximate surface area is 139 Å². The summed E-state index contributed by atoms with van der Waals surface area (Å²) >= 11 is 6.02. The maximum atomic E-state index is 11.9. The second-order valence-electron chi connectivity index (χ2n) is 4.94. The van der Waals surface area contributed by atoms with Crippen molar-refractivity contribution in [3.8, 4) is 0 Å². The largest absolute Gasteiger partial charge is 0.465 e. The van der Waals surface area contributed by atoms with E-state index in [1.807, 2.05) is 13.0 Å².